The van der Waals surface area contributed by atoms with Crippen molar-refractivity contribution in [3.8, 4) is 0 Å². The Hall–Kier alpha value is -1.26. The fraction of sp³-hybridized carbons (Fsp3) is 0.621. The molecule has 0 bridgehead atoms. The number of likely N-dealkylation sites (tertiary alicyclic amines) is 1. The second-order valence-corrected chi connectivity index (χ2v) is 9.70. The maximum atomic E-state index is 12.0. The molecule has 9 nitrogen and oxygen atoms in total. The normalized spacial score (nSPS) is 13.2. The summed E-state index contributed by atoms with van der Waals surface area (Å²) < 4.78 is 5.34. The number of benzene rings is 1. The quantitative estimate of drug-likeness (QED) is 0.182. The van der Waals surface area contributed by atoms with Gasteiger partial charge in [0.2, 0.25) is 17.7 Å². The largest absolute Gasteiger partial charge is 1.00 e. The smallest absolute Gasteiger partial charge is 0.648 e. The summed E-state index contributed by atoms with van der Waals surface area (Å²) in [6, 6.07) is 7.22. The van der Waals surface area contributed by atoms with Crippen LogP contribution < -0.4 is 63.5 Å². The number of rotatable bonds is 19. The summed E-state index contributed by atoms with van der Waals surface area (Å²) in [5, 5.41) is 6.89. The van der Waals surface area contributed by atoms with Gasteiger partial charge in [0.1, 0.15) is 5.78 Å². The third-order valence-electron chi connectivity index (χ3n) is 6.63. The maximum Gasteiger partial charge on any atom is 1.00 e. The average Bonchev–Trinajstić information content (AvgIpc) is 2.90. The summed E-state index contributed by atoms with van der Waals surface area (Å²) >= 11 is 0. The molecule has 2 rings (SSSR count). The van der Waals surface area contributed by atoms with Gasteiger partial charge in [-0.3, -0.25) is 24.1 Å². The molecule has 1 atom stereocenters. The van der Waals surface area contributed by atoms with Crippen LogP contribution in [0.5, 0.6) is 0 Å². The van der Waals surface area contributed by atoms with E-state index in [-0.39, 0.29) is 107 Å². The number of ether oxygens (including phenoxy) is 1. The first-order chi connectivity index (χ1) is 18.3. The molecule has 1 heterocycles. The van der Waals surface area contributed by atoms with Crippen LogP contribution in [0.1, 0.15) is 82.8 Å². The Labute approximate surface area is 281 Å². The van der Waals surface area contributed by atoms with Crippen LogP contribution in [0.2, 0.25) is 0 Å². The predicted molar refractivity (Wildman–Crippen MR) is 144 cm³/mol. The van der Waals surface area contributed by atoms with Crippen molar-refractivity contribution < 1.29 is 86.9 Å². The summed E-state index contributed by atoms with van der Waals surface area (Å²) in [6.45, 7) is 5.49. The van der Waals surface area contributed by atoms with E-state index in [1.54, 1.807) is 12.1 Å². The van der Waals surface area contributed by atoms with Crippen LogP contribution in [-0.2, 0) is 41.7 Å². The first-order valence-electron chi connectivity index (χ1n) is 13.8. The number of nitrogens with one attached hydrogen (secondary N) is 1. The van der Waals surface area contributed by atoms with E-state index in [1.165, 1.54) is 4.90 Å². The Kier molecular flexibility index (Phi) is 18.9. The minimum absolute atomic E-state index is 0. The number of ketones is 1. The molecule has 39 heavy (non-hydrogen) atoms. The second-order valence-electron chi connectivity index (χ2n) is 9.70. The Balaban J connectivity index is 0.00000760. The van der Waals surface area contributed by atoms with Gasteiger partial charge in [-0.2, -0.15) is 0 Å². The molecule has 210 valence electrons. The predicted octanol–water partition coefficient (Wildman–Crippen LogP) is 0.871. The number of unbranched alkanes of at least 4 members (excludes halogenated alkanes) is 1. The molecule has 1 N–H and O–H groups in total. The molecule has 0 aliphatic carbocycles. The number of carbonyl (C=O) groups is 5. The van der Waals surface area contributed by atoms with E-state index in [0.29, 0.717) is 51.2 Å². The van der Waals surface area contributed by atoms with Gasteiger partial charge in [-0.15, -0.1) is 6.54 Å². The van der Waals surface area contributed by atoms with Crippen molar-refractivity contribution >= 4 is 29.4 Å². The van der Waals surface area contributed by atoms with Crippen molar-refractivity contribution in [3.05, 3.63) is 40.7 Å². The molecule has 10 heteroatoms. The van der Waals surface area contributed by atoms with Crippen LogP contribution in [-0.4, -0.2) is 60.6 Å². The molecule has 0 radical (unpaired) electrons. The zero-order valence-electron chi connectivity index (χ0n) is 23.8. The minimum atomic E-state index is -0.368. The SMILES string of the molecule is CCCC(CCCCNC(=O)CCCOCC(=O)[N-]Cc1ccc(CC(=O)N2CCC2=O)cc1)C(=O)CC.[Rb+]. The number of hydrogen-bond acceptors (Lipinski definition) is 6. The number of imide groups is 1. The van der Waals surface area contributed by atoms with Crippen LogP contribution >= 0.6 is 0 Å². The molecule has 1 saturated heterocycles. The van der Waals surface area contributed by atoms with E-state index in [0.717, 1.165) is 43.2 Å². The number of carbonyl (C=O) groups excluding carboxylic acids is 5. The van der Waals surface area contributed by atoms with Gasteiger partial charge in [0.25, 0.3) is 0 Å². The first kappa shape index (κ1) is 35.8. The van der Waals surface area contributed by atoms with Gasteiger partial charge in [0.15, 0.2) is 0 Å². The average molecular weight is 614 g/mol. The fourth-order valence-corrected chi connectivity index (χ4v) is 4.27. The maximum absolute atomic E-state index is 12.0. The van der Waals surface area contributed by atoms with Crippen molar-refractivity contribution in [2.75, 3.05) is 26.3 Å². The first-order valence-corrected chi connectivity index (χ1v) is 13.8. The van der Waals surface area contributed by atoms with Gasteiger partial charge < -0.3 is 20.2 Å². The Morgan fingerprint density at radius 1 is 1.03 bits per heavy atom. The number of hydrogen-bond donors (Lipinski definition) is 1. The Morgan fingerprint density at radius 2 is 1.74 bits per heavy atom. The molecular formula is C29H42N3O6Rb. The van der Waals surface area contributed by atoms with Gasteiger partial charge in [0, 0.05) is 44.9 Å². The molecule has 4 amide bonds. The molecule has 1 unspecified atom stereocenters. The van der Waals surface area contributed by atoms with Gasteiger partial charge >= 0.3 is 58.2 Å². The van der Waals surface area contributed by atoms with Crippen LogP contribution in [0.3, 0.4) is 0 Å². The number of amides is 4. The van der Waals surface area contributed by atoms with Crippen molar-refractivity contribution in [2.24, 2.45) is 5.92 Å². The van der Waals surface area contributed by atoms with Crippen molar-refractivity contribution in [2.45, 2.75) is 84.6 Å². The zero-order valence-corrected chi connectivity index (χ0v) is 28.8. The van der Waals surface area contributed by atoms with Gasteiger partial charge in [-0.1, -0.05) is 56.5 Å². The molecule has 0 saturated carbocycles. The fourth-order valence-electron chi connectivity index (χ4n) is 4.27. The van der Waals surface area contributed by atoms with E-state index in [9.17, 15) is 24.0 Å². The van der Waals surface area contributed by atoms with Crippen LogP contribution in [0.15, 0.2) is 24.3 Å². The summed E-state index contributed by atoms with van der Waals surface area (Å²) in [6.07, 6.45) is 6.67. The molecule has 1 fully saturated rings. The number of nitrogens with zero attached hydrogens (tertiary/aromatic N) is 2. The van der Waals surface area contributed by atoms with E-state index in [1.807, 2.05) is 19.1 Å². The van der Waals surface area contributed by atoms with Gasteiger partial charge in [-0.25, -0.2) is 0 Å². The van der Waals surface area contributed by atoms with Crippen LogP contribution in [0.25, 0.3) is 5.32 Å². The molecule has 1 aromatic rings. The van der Waals surface area contributed by atoms with Crippen molar-refractivity contribution in [3.63, 3.8) is 0 Å². The van der Waals surface area contributed by atoms with E-state index < -0.39 is 0 Å². The molecule has 1 aliphatic rings. The van der Waals surface area contributed by atoms with Gasteiger partial charge in [0.05, 0.1) is 18.9 Å². The van der Waals surface area contributed by atoms with Crippen LogP contribution in [0, 0.1) is 5.92 Å². The van der Waals surface area contributed by atoms with E-state index >= 15 is 0 Å². The summed E-state index contributed by atoms with van der Waals surface area (Å²) in [5.74, 6) is -0.241. The summed E-state index contributed by atoms with van der Waals surface area (Å²) in [4.78, 5) is 60.5. The Morgan fingerprint density at radius 3 is 2.36 bits per heavy atom. The molecule has 0 spiro atoms. The van der Waals surface area contributed by atoms with E-state index in [2.05, 4.69) is 17.6 Å². The van der Waals surface area contributed by atoms with E-state index in [4.69, 9.17) is 4.74 Å². The third-order valence-corrected chi connectivity index (χ3v) is 6.63. The second kappa shape index (κ2) is 20.6. The zero-order chi connectivity index (χ0) is 27.8. The summed E-state index contributed by atoms with van der Waals surface area (Å²) in [5.41, 5.74) is 1.64. The molecule has 1 aliphatic heterocycles. The third kappa shape index (κ3) is 14.3. The van der Waals surface area contributed by atoms with Crippen molar-refractivity contribution in [1.29, 1.82) is 0 Å². The number of Topliss-reactive ketones (excluding diaryl/α,β-unsaturated/α-hetero) is 1. The molecule has 1 aromatic carbocycles. The summed E-state index contributed by atoms with van der Waals surface area (Å²) in [7, 11) is 0. The van der Waals surface area contributed by atoms with Gasteiger partial charge in [-0.05, 0) is 31.2 Å². The minimum Gasteiger partial charge on any atom is -0.648 e. The Bertz CT molecular complexity index is 937. The van der Waals surface area contributed by atoms with Crippen LogP contribution in [0.4, 0.5) is 0 Å². The molecular weight excluding hydrogens is 572 g/mol. The monoisotopic (exact) mass is 613 g/mol. The number of β-lactam (4-membered cyclic amide) rings is 1. The topological polar surface area (TPSA) is 124 Å². The standard InChI is InChI=1S/C29H43N3O6.Rb/c1-3-8-24(25(33)4-2)9-5-6-16-30-26(34)10-7-18-38-21-27(35)31-20-23-13-11-22(12-14-23)19-29(37)32-17-15-28(32)36;/h11-14,24H,3-10,15-21H2,1-2H3,(H2,30,31,34,35);/q;+1/p-1. The molecule has 0 aromatic heterocycles. The van der Waals surface area contributed by atoms with Crippen molar-refractivity contribution in [1.82, 2.24) is 10.2 Å².